The van der Waals surface area contributed by atoms with E-state index >= 15 is 4.39 Å². The molecule has 178 valence electrons. The third-order valence-electron chi connectivity index (χ3n) is 6.11. The highest BCUT2D eigenvalue weighted by atomic mass is 19.3. The average molecular weight is 464 g/mol. The van der Waals surface area contributed by atoms with Crippen LogP contribution in [0, 0.1) is 11.7 Å². The van der Waals surface area contributed by atoms with Gasteiger partial charge >= 0.3 is 0 Å². The van der Waals surface area contributed by atoms with Gasteiger partial charge in [0.1, 0.15) is 6.33 Å². The number of nitrogens with zero attached hydrogens (tertiary/aromatic N) is 5. The molecule has 2 fully saturated rings. The Balaban J connectivity index is 1.39. The van der Waals surface area contributed by atoms with Crippen molar-refractivity contribution in [2.45, 2.75) is 44.7 Å². The van der Waals surface area contributed by atoms with Gasteiger partial charge in [0.15, 0.2) is 11.6 Å². The predicted octanol–water partition coefficient (Wildman–Crippen LogP) is 2.73. The second kappa shape index (κ2) is 10.3. The van der Waals surface area contributed by atoms with Crippen molar-refractivity contribution in [2.24, 2.45) is 11.7 Å². The first-order valence-corrected chi connectivity index (χ1v) is 11.2. The topological polar surface area (TPSA) is 100 Å². The molecule has 1 aliphatic carbocycles. The summed E-state index contributed by atoms with van der Waals surface area (Å²) < 4.78 is 40.9. The van der Waals surface area contributed by atoms with Gasteiger partial charge in [-0.25, -0.2) is 18.7 Å². The molecule has 1 amide bonds. The fourth-order valence-corrected chi connectivity index (χ4v) is 4.09. The van der Waals surface area contributed by atoms with Gasteiger partial charge in [-0.3, -0.25) is 14.7 Å². The summed E-state index contributed by atoms with van der Waals surface area (Å²) in [5.41, 5.74) is 5.68. The second-order valence-corrected chi connectivity index (χ2v) is 8.67. The van der Waals surface area contributed by atoms with Crippen LogP contribution >= 0.6 is 0 Å². The molecule has 3 heterocycles. The number of piperidine rings is 1. The molecule has 0 bridgehead atoms. The van der Waals surface area contributed by atoms with E-state index in [1.807, 2.05) is 9.80 Å². The van der Waals surface area contributed by atoms with Crippen molar-refractivity contribution < 1.29 is 18.0 Å². The van der Waals surface area contributed by atoms with Crippen LogP contribution in [0.15, 0.2) is 24.7 Å². The van der Waals surface area contributed by atoms with Crippen LogP contribution < -0.4 is 16.0 Å². The molecule has 33 heavy (non-hydrogen) atoms. The van der Waals surface area contributed by atoms with Crippen LogP contribution in [0.1, 0.15) is 43.4 Å². The van der Waals surface area contributed by atoms with Gasteiger partial charge in [-0.2, -0.15) is 4.39 Å². The first-order chi connectivity index (χ1) is 15.9. The zero-order chi connectivity index (χ0) is 23.4. The van der Waals surface area contributed by atoms with E-state index in [-0.39, 0.29) is 42.2 Å². The third-order valence-corrected chi connectivity index (χ3v) is 6.11. The van der Waals surface area contributed by atoms with Crippen LogP contribution in [0.5, 0.6) is 0 Å². The summed E-state index contributed by atoms with van der Waals surface area (Å²) in [6.45, 7) is 2.66. The first kappa shape index (κ1) is 23.2. The lowest BCUT2D eigenvalue weighted by Gasteiger charge is -2.31. The van der Waals surface area contributed by atoms with Gasteiger partial charge in [-0.05, 0) is 56.8 Å². The van der Waals surface area contributed by atoms with Crippen LogP contribution in [0.4, 0.5) is 24.8 Å². The van der Waals surface area contributed by atoms with Gasteiger partial charge in [-0.15, -0.1) is 0 Å². The molecule has 0 aromatic carbocycles. The van der Waals surface area contributed by atoms with Gasteiger partial charge in [0.2, 0.25) is 11.7 Å². The lowest BCUT2D eigenvalue weighted by Crippen LogP contribution is -2.40. The molecule has 0 unspecified atom stereocenters. The number of amides is 1. The summed E-state index contributed by atoms with van der Waals surface area (Å²) in [7, 11) is 0. The zero-order valence-electron chi connectivity index (χ0n) is 18.3. The molecule has 8 nitrogen and oxygen atoms in total. The first-order valence-electron chi connectivity index (χ1n) is 11.2. The Kier molecular flexibility index (Phi) is 7.26. The molecule has 0 spiro atoms. The number of hydrogen-bond donors (Lipinski definition) is 2. The van der Waals surface area contributed by atoms with E-state index in [1.54, 1.807) is 6.07 Å². The van der Waals surface area contributed by atoms with E-state index in [2.05, 4.69) is 20.3 Å². The van der Waals surface area contributed by atoms with Crippen molar-refractivity contribution >= 4 is 17.5 Å². The number of anilines is 2. The molecule has 4 rings (SSSR count). The molecule has 1 aliphatic heterocycles. The van der Waals surface area contributed by atoms with Gasteiger partial charge < -0.3 is 16.0 Å². The largest absolute Gasteiger partial charge is 0.369 e. The quantitative estimate of drug-likeness (QED) is 0.559. The maximum atomic E-state index is 15.3. The number of halogens is 3. The van der Waals surface area contributed by atoms with Crippen molar-refractivity contribution in [3.8, 4) is 0 Å². The fraction of sp³-hybridized carbons (Fsp3) is 0.545. The van der Waals surface area contributed by atoms with E-state index in [9.17, 15) is 13.6 Å². The molecule has 0 radical (unpaired) electrons. The van der Waals surface area contributed by atoms with E-state index in [0.29, 0.717) is 18.2 Å². The molecular formula is C22H28F3N7O. The Labute approximate surface area is 190 Å². The molecule has 3 N–H and O–H groups in total. The van der Waals surface area contributed by atoms with Crippen LogP contribution in [-0.2, 0) is 11.3 Å². The van der Waals surface area contributed by atoms with Crippen molar-refractivity contribution in [1.82, 2.24) is 19.9 Å². The summed E-state index contributed by atoms with van der Waals surface area (Å²) in [6.07, 6.45) is 3.50. The summed E-state index contributed by atoms with van der Waals surface area (Å²) in [6, 6.07) is 3.02. The number of carbonyl (C=O) groups excluding carboxylic acids is 1. The van der Waals surface area contributed by atoms with Crippen LogP contribution in [0.2, 0.25) is 0 Å². The number of carbonyl (C=O) groups is 1. The predicted molar refractivity (Wildman–Crippen MR) is 117 cm³/mol. The molecule has 1 saturated heterocycles. The smallest absolute Gasteiger partial charge is 0.265 e. The van der Waals surface area contributed by atoms with E-state index in [0.717, 1.165) is 45.0 Å². The number of likely N-dealkylation sites (tertiary alicyclic amines) is 1. The Hall–Kier alpha value is -2.95. The van der Waals surface area contributed by atoms with Crippen LogP contribution in [-0.4, -0.2) is 58.0 Å². The van der Waals surface area contributed by atoms with E-state index in [4.69, 9.17) is 5.73 Å². The molecular weight excluding hydrogens is 435 g/mol. The number of nitrogens with one attached hydrogen (secondary N) is 1. The van der Waals surface area contributed by atoms with E-state index < -0.39 is 12.2 Å². The molecule has 2 aromatic heterocycles. The second-order valence-electron chi connectivity index (χ2n) is 8.67. The molecule has 2 aromatic rings. The number of hydrogen-bond acceptors (Lipinski definition) is 7. The maximum Gasteiger partial charge on any atom is 0.265 e. The Morgan fingerprint density at radius 1 is 1.18 bits per heavy atom. The highest BCUT2D eigenvalue weighted by Crippen LogP contribution is 2.34. The standard InChI is InChI=1S/C22H28F3N7O/c23-19-21(28-9-14-5-7-31(8-6-14)12-18(26)33)29-13-30-22(19)32(17-3-4-17)11-16-2-1-15(10-27-16)20(24)25/h1-2,10,13-14,17,20H,3-9,11-12H2,(H2,26,33)(H,28,29,30). The Morgan fingerprint density at radius 3 is 2.55 bits per heavy atom. The number of nitrogens with two attached hydrogens (primary N) is 1. The zero-order valence-corrected chi connectivity index (χ0v) is 18.3. The number of pyridine rings is 1. The normalized spacial score (nSPS) is 17.3. The molecule has 2 aliphatic rings. The SMILES string of the molecule is NC(=O)CN1CCC(CNc2ncnc(N(Cc3ccc(C(F)F)cn3)C3CC3)c2F)CC1. The molecule has 11 heteroatoms. The monoisotopic (exact) mass is 463 g/mol. The third kappa shape index (κ3) is 6.10. The number of aromatic nitrogens is 3. The van der Waals surface area contributed by atoms with Crippen molar-refractivity contribution in [3.63, 3.8) is 0 Å². The van der Waals surface area contributed by atoms with Gasteiger partial charge in [0.05, 0.1) is 18.8 Å². The minimum absolute atomic E-state index is 0.133. The van der Waals surface area contributed by atoms with E-state index in [1.165, 1.54) is 12.4 Å². The maximum absolute atomic E-state index is 15.3. The molecule has 0 atom stereocenters. The van der Waals surface area contributed by atoms with Crippen LogP contribution in [0.3, 0.4) is 0 Å². The number of rotatable bonds is 10. The average Bonchev–Trinajstić information content (AvgIpc) is 3.63. The minimum Gasteiger partial charge on any atom is -0.369 e. The van der Waals surface area contributed by atoms with Gasteiger partial charge in [-0.1, -0.05) is 0 Å². The lowest BCUT2D eigenvalue weighted by atomic mass is 9.97. The van der Waals surface area contributed by atoms with Crippen molar-refractivity contribution in [3.05, 3.63) is 41.7 Å². The van der Waals surface area contributed by atoms with Gasteiger partial charge in [0.25, 0.3) is 6.43 Å². The number of primary amides is 1. The lowest BCUT2D eigenvalue weighted by molar-refractivity contribution is -0.119. The fourth-order valence-electron chi connectivity index (χ4n) is 4.09. The minimum atomic E-state index is -2.57. The Morgan fingerprint density at radius 2 is 1.94 bits per heavy atom. The summed E-state index contributed by atoms with van der Waals surface area (Å²) in [4.78, 5) is 27.3. The highest BCUT2D eigenvalue weighted by molar-refractivity contribution is 5.75. The van der Waals surface area contributed by atoms with Gasteiger partial charge in [0, 0.05) is 24.3 Å². The Bertz CT molecular complexity index is 948. The van der Waals surface area contributed by atoms with Crippen molar-refractivity contribution in [2.75, 3.05) is 36.4 Å². The summed E-state index contributed by atoms with van der Waals surface area (Å²) >= 11 is 0. The highest BCUT2D eigenvalue weighted by Gasteiger charge is 2.33. The number of alkyl halides is 2. The summed E-state index contributed by atoms with van der Waals surface area (Å²) in [5, 5.41) is 3.11. The summed E-state index contributed by atoms with van der Waals surface area (Å²) in [5.74, 6) is -0.191. The molecule has 1 saturated carbocycles. The van der Waals surface area contributed by atoms with Crippen molar-refractivity contribution in [1.29, 1.82) is 0 Å². The van der Waals surface area contributed by atoms with Crippen LogP contribution in [0.25, 0.3) is 0 Å².